The van der Waals surface area contributed by atoms with Crippen LogP contribution in [0.3, 0.4) is 0 Å². The van der Waals surface area contributed by atoms with Crippen LogP contribution >= 0.6 is 0 Å². The van der Waals surface area contributed by atoms with Gasteiger partial charge < -0.3 is 10.4 Å². The Morgan fingerprint density at radius 3 is 2.44 bits per heavy atom. The van der Waals surface area contributed by atoms with E-state index in [1.54, 1.807) is 0 Å². The van der Waals surface area contributed by atoms with E-state index in [0.29, 0.717) is 6.54 Å². The van der Waals surface area contributed by atoms with Gasteiger partial charge in [-0.1, -0.05) is 0 Å². The molecule has 0 aromatic heterocycles. The molecule has 3 nitrogen and oxygen atoms in total. The molecule has 0 aromatic rings. The molecule has 1 aliphatic rings. The summed E-state index contributed by atoms with van der Waals surface area (Å²) in [5, 5.41) is 13.3. The van der Waals surface area contributed by atoms with Crippen LogP contribution in [0.4, 0.5) is 0 Å². The van der Waals surface area contributed by atoms with Crippen molar-refractivity contribution in [3.63, 3.8) is 0 Å². The van der Waals surface area contributed by atoms with Crippen LogP contribution in [-0.2, 0) is 0 Å². The second-order valence-electron chi connectivity index (χ2n) is 6.65. The maximum Gasteiger partial charge on any atom is 0.0791 e. The highest BCUT2D eigenvalue weighted by molar-refractivity contribution is 4.89. The fourth-order valence-corrected chi connectivity index (χ4v) is 2.24. The third-order valence-corrected chi connectivity index (χ3v) is 3.37. The number of aliphatic hydroxyl groups excluding tert-OH is 1. The number of hydrogen-bond acceptors (Lipinski definition) is 3. The first kappa shape index (κ1) is 13.9. The summed E-state index contributed by atoms with van der Waals surface area (Å²) in [6, 6.07) is 0. The van der Waals surface area contributed by atoms with Crippen molar-refractivity contribution in [2.24, 2.45) is 0 Å². The fraction of sp³-hybridized carbons (Fsp3) is 1.00. The van der Waals surface area contributed by atoms with Gasteiger partial charge in [0.15, 0.2) is 0 Å². The minimum absolute atomic E-state index is 0.0848. The molecule has 0 aliphatic carbocycles. The molecule has 1 rings (SSSR count). The van der Waals surface area contributed by atoms with E-state index in [4.69, 9.17) is 0 Å². The summed E-state index contributed by atoms with van der Waals surface area (Å²) in [6.07, 6.45) is 2.23. The number of hydrogen-bond donors (Lipinski definition) is 2. The quantitative estimate of drug-likeness (QED) is 0.767. The molecule has 16 heavy (non-hydrogen) atoms. The lowest BCUT2D eigenvalue weighted by molar-refractivity contribution is 0.0737. The smallest absolute Gasteiger partial charge is 0.0791 e. The summed E-state index contributed by atoms with van der Waals surface area (Å²) in [6.45, 7) is 13.5. The van der Waals surface area contributed by atoms with Crippen LogP contribution in [0.25, 0.3) is 0 Å². The minimum atomic E-state index is -0.267. The molecular formula is C13H28N2O. The van der Waals surface area contributed by atoms with Crippen LogP contribution in [0.2, 0.25) is 0 Å². The average molecular weight is 228 g/mol. The van der Waals surface area contributed by atoms with Gasteiger partial charge in [0, 0.05) is 24.2 Å². The van der Waals surface area contributed by atoms with E-state index in [-0.39, 0.29) is 17.2 Å². The topological polar surface area (TPSA) is 35.5 Å². The van der Waals surface area contributed by atoms with Gasteiger partial charge in [0.25, 0.3) is 0 Å². The molecule has 1 aliphatic heterocycles. The van der Waals surface area contributed by atoms with E-state index in [0.717, 1.165) is 13.1 Å². The van der Waals surface area contributed by atoms with Gasteiger partial charge in [-0.15, -0.1) is 0 Å². The van der Waals surface area contributed by atoms with E-state index in [9.17, 15) is 5.11 Å². The highest BCUT2D eigenvalue weighted by Crippen LogP contribution is 2.27. The summed E-state index contributed by atoms with van der Waals surface area (Å²) < 4.78 is 0. The normalized spacial score (nSPS) is 23.6. The Labute approximate surface area is 100 Å². The van der Waals surface area contributed by atoms with Crippen LogP contribution < -0.4 is 5.32 Å². The van der Waals surface area contributed by atoms with Gasteiger partial charge in [0.05, 0.1) is 6.10 Å². The monoisotopic (exact) mass is 228 g/mol. The average Bonchev–Trinajstić information content (AvgIpc) is 2.42. The lowest BCUT2D eigenvalue weighted by Gasteiger charge is -2.34. The van der Waals surface area contributed by atoms with Crippen molar-refractivity contribution in [1.82, 2.24) is 10.2 Å². The molecule has 1 heterocycles. The second-order valence-corrected chi connectivity index (χ2v) is 6.65. The van der Waals surface area contributed by atoms with Crippen molar-refractivity contribution >= 4 is 0 Å². The van der Waals surface area contributed by atoms with Crippen LogP contribution in [0, 0.1) is 0 Å². The fourth-order valence-electron chi connectivity index (χ4n) is 2.24. The summed E-state index contributed by atoms with van der Waals surface area (Å²) >= 11 is 0. The van der Waals surface area contributed by atoms with E-state index >= 15 is 0 Å². The van der Waals surface area contributed by atoms with Crippen LogP contribution in [0.1, 0.15) is 47.5 Å². The highest BCUT2D eigenvalue weighted by atomic mass is 16.3. The number of nitrogens with one attached hydrogen (secondary N) is 1. The maximum atomic E-state index is 10.0. The van der Waals surface area contributed by atoms with Gasteiger partial charge in [-0.3, -0.25) is 4.90 Å². The third-order valence-electron chi connectivity index (χ3n) is 3.37. The summed E-state index contributed by atoms with van der Waals surface area (Å²) in [7, 11) is 0. The molecule has 0 spiro atoms. The van der Waals surface area contributed by atoms with E-state index < -0.39 is 0 Å². The molecule has 1 unspecified atom stereocenters. The first-order chi connectivity index (χ1) is 7.21. The van der Waals surface area contributed by atoms with Crippen molar-refractivity contribution in [1.29, 1.82) is 0 Å². The molecule has 3 heteroatoms. The van der Waals surface area contributed by atoms with Crippen molar-refractivity contribution in [2.75, 3.05) is 19.6 Å². The maximum absolute atomic E-state index is 10.0. The van der Waals surface area contributed by atoms with Crippen LogP contribution in [0.15, 0.2) is 0 Å². The predicted octanol–water partition coefficient (Wildman–Crippen LogP) is 1.61. The Kier molecular flexibility index (Phi) is 4.38. The Morgan fingerprint density at radius 1 is 1.38 bits per heavy atom. The van der Waals surface area contributed by atoms with Crippen LogP contribution in [0.5, 0.6) is 0 Å². The molecule has 1 saturated heterocycles. The molecule has 0 saturated carbocycles. The SMILES string of the molecule is CC(C)(C)NCC(O)CN1CCCC1(C)C. The molecule has 0 aromatic carbocycles. The lowest BCUT2D eigenvalue weighted by atomic mass is 10.0. The number of likely N-dealkylation sites (tertiary alicyclic amines) is 1. The van der Waals surface area contributed by atoms with E-state index in [1.165, 1.54) is 12.8 Å². The van der Waals surface area contributed by atoms with Gasteiger partial charge in [-0.2, -0.15) is 0 Å². The molecule has 0 amide bonds. The van der Waals surface area contributed by atoms with Gasteiger partial charge in [-0.25, -0.2) is 0 Å². The van der Waals surface area contributed by atoms with Gasteiger partial charge in [0.2, 0.25) is 0 Å². The molecular weight excluding hydrogens is 200 g/mol. The van der Waals surface area contributed by atoms with Gasteiger partial charge in [-0.05, 0) is 54.0 Å². The third kappa shape index (κ3) is 4.40. The lowest BCUT2D eigenvalue weighted by Crippen LogP contribution is -2.48. The summed E-state index contributed by atoms with van der Waals surface area (Å²) in [4.78, 5) is 2.40. The zero-order valence-corrected chi connectivity index (χ0v) is 11.5. The first-order valence-electron chi connectivity index (χ1n) is 6.39. The van der Waals surface area contributed by atoms with Crippen molar-refractivity contribution in [3.05, 3.63) is 0 Å². The Morgan fingerprint density at radius 2 is 2.00 bits per heavy atom. The number of rotatable bonds is 4. The first-order valence-corrected chi connectivity index (χ1v) is 6.39. The molecule has 0 bridgehead atoms. The second kappa shape index (κ2) is 5.03. The highest BCUT2D eigenvalue weighted by Gasteiger charge is 2.32. The molecule has 1 atom stereocenters. The van der Waals surface area contributed by atoms with E-state index in [1.807, 2.05) is 0 Å². The van der Waals surface area contributed by atoms with Crippen LogP contribution in [-0.4, -0.2) is 46.8 Å². The zero-order chi connectivity index (χ0) is 12.4. The molecule has 0 radical (unpaired) electrons. The van der Waals surface area contributed by atoms with Crippen molar-refractivity contribution in [2.45, 2.75) is 64.6 Å². The minimum Gasteiger partial charge on any atom is -0.390 e. The van der Waals surface area contributed by atoms with E-state index in [2.05, 4.69) is 44.8 Å². The number of aliphatic hydroxyl groups is 1. The number of β-amino-alcohol motifs (C(OH)–C–C–N with tert-alkyl or cyclic N) is 1. The largest absolute Gasteiger partial charge is 0.390 e. The number of nitrogens with zero attached hydrogens (tertiary/aromatic N) is 1. The van der Waals surface area contributed by atoms with Gasteiger partial charge >= 0.3 is 0 Å². The Hall–Kier alpha value is -0.120. The molecule has 1 fully saturated rings. The molecule has 96 valence electrons. The summed E-state index contributed by atoms with van der Waals surface area (Å²) in [5.41, 5.74) is 0.351. The molecule has 2 N–H and O–H groups in total. The van der Waals surface area contributed by atoms with Gasteiger partial charge in [0.1, 0.15) is 0 Å². The van der Waals surface area contributed by atoms with Crippen molar-refractivity contribution < 1.29 is 5.11 Å². The zero-order valence-electron chi connectivity index (χ0n) is 11.5. The van der Waals surface area contributed by atoms with Crippen molar-refractivity contribution in [3.8, 4) is 0 Å². The standard InChI is InChI=1S/C13H28N2O/c1-12(2,3)14-9-11(16)10-15-8-6-7-13(15,4)5/h11,14,16H,6-10H2,1-5H3. The Bertz CT molecular complexity index is 220. The predicted molar refractivity (Wildman–Crippen MR) is 68.6 cm³/mol. The Balaban J connectivity index is 2.31. The summed E-state index contributed by atoms with van der Waals surface area (Å²) in [5.74, 6) is 0.